The fourth-order valence-electron chi connectivity index (χ4n) is 1.62. The molecular formula is C13H14FN3O2S. The van der Waals surface area contributed by atoms with Crippen molar-refractivity contribution in [3.63, 3.8) is 0 Å². The molecule has 0 fully saturated rings. The van der Waals surface area contributed by atoms with E-state index < -0.39 is 11.7 Å². The van der Waals surface area contributed by atoms with Crippen LogP contribution in [0, 0.1) is 5.82 Å². The number of hydrogen-bond donors (Lipinski definition) is 2. The number of methoxy groups -OCH3 is 1. The molecule has 1 aromatic heterocycles. The van der Waals surface area contributed by atoms with Crippen molar-refractivity contribution in [2.75, 3.05) is 19.0 Å². The fraction of sp³-hybridized carbons (Fsp3) is 0.231. The summed E-state index contributed by atoms with van der Waals surface area (Å²) in [6.45, 7) is 1.10. The van der Waals surface area contributed by atoms with Crippen LogP contribution in [0.5, 0.6) is 0 Å². The quantitative estimate of drug-likeness (QED) is 0.832. The normalized spacial score (nSPS) is 10.6. The fourth-order valence-corrected chi connectivity index (χ4v) is 1.82. The van der Waals surface area contributed by atoms with E-state index in [4.69, 9.17) is 4.74 Å². The minimum Gasteiger partial charge on any atom is -0.383 e. The molecule has 0 saturated heterocycles. The number of anilines is 1. The van der Waals surface area contributed by atoms with Gasteiger partial charge in [0.15, 0.2) is 0 Å². The highest BCUT2D eigenvalue weighted by molar-refractivity contribution is 7.80. The van der Waals surface area contributed by atoms with E-state index in [2.05, 4.69) is 23.0 Å². The van der Waals surface area contributed by atoms with Crippen molar-refractivity contribution in [1.29, 1.82) is 0 Å². The van der Waals surface area contributed by atoms with Gasteiger partial charge in [-0.3, -0.25) is 9.48 Å². The van der Waals surface area contributed by atoms with E-state index in [1.165, 1.54) is 24.4 Å². The number of rotatable bonds is 5. The lowest BCUT2D eigenvalue weighted by Crippen LogP contribution is -2.13. The third-order valence-corrected chi connectivity index (χ3v) is 2.89. The van der Waals surface area contributed by atoms with Crippen LogP contribution in [0.4, 0.5) is 10.1 Å². The van der Waals surface area contributed by atoms with Gasteiger partial charge in [0, 0.05) is 18.2 Å². The Hall–Kier alpha value is -1.86. The van der Waals surface area contributed by atoms with Crippen molar-refractivity contribution in [2.45, 2.75) is 11.4 Å². The lowest BCUT2D eigenvalue weighted by atomic mass is 10.2. The Morgan fingerprint density at radius 2 is 2.35 bits per heavy atom. The Labute approximate surface area is 121 Å². The number of nitrogens with zero attached hydrogens (tertiary/aromatic N) is 2. The average Bonchev–Trinajstić information content (AvgIpc) is 2.86. The predicted octanol–water partition coefficient (Wildman–Crippen LogP) is 2.21. The van der Waals surface area contributed by atoms with Crippen molar-refractivity contribution < 1.29 is 13.9 Å². The highest BCUT2D eigenvalue weighted by Gasteiger charge is 2.13. The monoisotopic (exact) mass is 295 g/mol. The van der Waals surface area contributed by atoms with Gasteiger partial charge in [0.2, 0.25) is 0 Å². The zero-order chi connectivity index (χ0) is 14.5. The van der Waals surface area contributed by atoms with E-state index in [1.807, 2.05) is 0 Å². The van der Waals surface area contributed by atoms with Crippen LogP contribution in [0.3, 0.4) is 0 Å². The summed E-state index contributed by atoms with van der Waals surface area (Å²) in [5.74, 6) is -1.13. The average molecular weight is 295 g/mol. The molecule has 5 nitrogen and oxygen atoms in total. The van der Waals surface area contributed by atoms with E-state index in [0.29, 0.717) is 23.7 Å². The van der Waals surface area contributed by atoms with Crippen LogP contribution in [-0.4, -0.2) is 29.4 Å². The Balaban J connectivity index is 2.07. The molecule has 0 bridgehead atoms. The van der Waals surface area contributed by atoms with Crippen molar-refractivity contribution in [3.05, 3.63) is 42.0 Å². The number of hydrogen-bond acceptors (Lipinski definition) is 4. The van der Waals surface area contributed by atoms with Crippen LogP contribution in [0.2, 0.25) is 0 Å². The Kier molecular flexibility index (Phi) is 4.75. The van der Waals surface area contributed by atoms with Gasteiger partial charge in [0.1, 0.15) is 5.82 Å². The Bertz CT molecular complexity index is 615. The minimum absolute atomic E-state index is 0.0536. The zero-order valence-electron chi connectivity index (χ0n) is 10.8. The van der Waals surface area contributed by atoms with Crippen molar-refractivity contribution in [3.8, 4) is 0 Å². The topological polar surface area (TPSA) is 56.1 Å². The molecular weight excluding hydrogens is 281 g/mol. The first-order valence-corrected chi connectivity index (χ1v) is 6.36. The molecule has 0 saturated carbocycles. The van der Waals surface area contributed by atoms with Gasteiger partial charge in [-0.05, 0) is 18.2 Å². The second-order valence-corrected chi connectivity index (χ2v) is 4.62. The molecule has 2 rings (SSSR count). The van der Waals surface area contributed by atoms with E-state index >= 15 is 0 Å². The molecule has 0 aliphatic carbocycles. The molecule has 7 heteroatoms. The molecule has 0 atom stereocenters. The zero-order valence-corrected chi connectivity index (χ0v) is 11.7. The number of carbonyl (C=O) groups excluding carboxylic acids is 1. The largest absolute Gasteiger partial charge is 0.383 e. The summed E-state index contributed by atoms with van der Waals surface area (Å²) < 4.78 is 20.1. The number of ether oxygens (including phenoxy) is 1. The molecule has 20 heavy (non-hydrogen) atoms. The first-order valence-electron chi connectivity index (χ1n) is 5.91. The van der Waals surface area contributed by atoms with Gasteiger partial charge in [0.25, 0.3) is 5.91 Å². The molecule has 1 heterocycles. The predicted molar refractivity (Wildman–Crippen MR) is 75.7 cm³/mol. The SMILES string of the molecule is COCCn1cc(NC(=O)c2cc(S)ccc2F)cn1. The first-order chi connectivity index (χ1) is 9.60. The second kappa shape index (κ2) is 6.53. The standard InChI is InChI=1S/C13H14FN3O2S/c1-19-5-4-17-8-9(7-15-17)16-13(18)11-6-10(20)2-3-12(11)14/h2-3,6-8,20H,4-5H2,1H3,(H,16,18). The van der Waals surface area contributed by atoms with Crippen molar-refractivity contribution >= 4 is 24.2 Å². The summed E-state index contributed by atoms with van der Waals surface area (Å²) >= 11 is 4.09. The summed E-state index contributed by atoms with van der Waals surface area (Å²) in [6, 6.07) is 4.07. The van der Waals surface area contributed by atoms with E-state index in [0.717, 1.165) is 0 Å². The lowest BCUT2D eigenvalue weighted by Gasteiger charge is -2.04. The van der Waals surface area contributed by atoms with Gasteiger partial charge < -0.3 is 10.1 Å². The third kappa shape index (κ3) is 3.58. The molecule has 1 amide bonds. The van der Waals surface area contributed by atoms with Gasteiger partial charge in [-0.15, -0.1) is 12.6 Å². The molecule has 1 N–H and O–H groups in total. The van der Waals surface area contributed by atoms with E-state index in [9.17, 15) is 9.18 Å². The van der Waals surface area contributed by atoms with Crippen LogP contribution in [0.1, 0.15) is 10.4 Å². The number of benzene rings is 1. The molecule has 0 aliphatic rings. The van der Waals surface area contributed by atoms with E-state index in [1.54, 1.807) is 18.0 Å². The molecule has 0 aliphatic heterocycles. The summed E-state index contributed by atoms with van der Waals surface area (Å²) in [5, 5.41) is 6.64. The molecule has 0 unspecified atom stereocenters. The van der Waals surface area contributed by atoms with Crippen LogP contribution in [0.25, 0.3) is 0 Å². The third-order valence-electron chi connectivity index (χ3n) is 2.61. The van der Waals surface area contributed by atoms with Crippen molar-refractivity contribution in [2.24, 2.45) is 0 Å². The van der Waals surface area contributed by atoms with Gasteiger partial charge in [-0.1, -0.05) is 0 Å². The molecule has 2 aromatic rings. The van der Waals surface area contributed by atoms with Crippen LogP contribution in [-0.2, 0) is 11.3 Å². The maximum atomic E-state index is 13.6. The second-order valence-electron chi connectivity index (χ2n) is 4.10. The lowest BCUT2D eigenvalue weighted by molar-refractivity contribution is 0.102. The Morgan fingerprint density at radius 3 is 3.10 bits per heavy atom. The van der Waals surface area contributed by atoms with Crippen molar-refractivity contribution in [1.82, 2.24) is 9.78 Å². The molecule has 106 valence electrons. The summed E-state index contributed by atoms with van der Waals surface area (Å²) in [6.07, 6.45) is 3.15. The summed E-state index contributed by atoms with van der Waals surface area (Å²) in [4.78, 5) is 12.5. The summed E-state index contributed by atoms with van der Waals surface area (Å²) in [7, 11) is 1.60. The van der Waals surface area contributed by atoms with Gasteiger partial charge in [-0.25, -0.2) is 4.39 Å². The van der Waals surface area contributed by atoms with Crippen LogP contribution < -0.4 is 5.32 Å². The molecule has 0 radical (unpaired) electrons. The maximum absolute atomic E-state index is 13.6. The summed E-state index contributed by atoms with van der Waals surface area (Å²) in [5.41, 5.74) is 0.442. The minimum atomic E-state index is -0.591. The first kappa shape index (κ1) is 14.5. The Morgan fingerprint density at radius 1 is 1.55 bits per heavy atom. The van der Waals surface area contributed by atoms with E-state index in [-0.39, 0.29) is 5.56 Å². The number of halogens is 1. The van der Waals surface area contributed by atoms with Crippen LogP contribution >= 0.6 is 12.6 Å². The molecule has 0 spiro atoms. The highest BCUT2D eigenvalue weighted by Crippen LogP contribution is 2.15. The number of carbonyl (C=O) groups is 1. The number of thiol groups is 1. The van der Waals surface area contributed by atoms with Gasteiger partial charge in [0.05, 0.1) is 30.6 Å². The highest BCUT2D eigenvalue weighted by atomic mass is 32.1. The number of aromatic nitrogens is 2. The van der Waals surface area contributed by atoms with Gasteiger partial charge >= 0.3 is 0 Å². The van der Waals surface area contributed by atoms with Crippen LogP contribution in [0.15, 0.2) is 35.5 Å². The maximum Gasteiger partial charge on any atom is 0.258 e. The van der Waals surface area contributed by atoms with Gasteiger partial charge in [-0.2, -0.15) is 5.10 Å². The molecule has 1 aromatic carbocycles. The number of nitrogens with one attached hydrogen (secondary N) is 1. The smallest absolute Gasteiger partial charge is 0.258 e. The number of amides is 1.